The molecule has 9 heteroatoms. The maximum absolute atomic E-state index is 12.8. The first-order valence-electron chi connectivity index (χ1n) is 3.70. The van der Waals surface area contributed by atoms with Gasteiger partial charge in [-0.3, -0.25) is 0 Å². The molecule has 1 radical (unpaired) electrons. The van der Waals surface area contributed by atoms with Gasteiger partial charge in [0.1, 0.15) is 11.1 Å². The van der Waals surface area contributed by atoms with Crippen molar-refractivity contribution in [2.75, 3.05) is 0 Å². The molecule has 95 valence electrons. The van der Waals surface area contributed by atoms with Crippen molar-refractivity contribution in [3.8, 4) is 0 Å². The second-order valence-corrected chi connectivity index (χ2v) is 2.81. The molecule has 0 aliphatic carbocycles. The van der Waals surface area contributed by atoms with E-state index in [1.165, 1.54) is 0 Å². The van der Waals surface area contributed by atoms with Crippen LogP contribution in [0.1, 0.15) is 11.1 Å². The Bertz CT molecular complexity index is 440. The molecule has 1 aromatic rings. The molecule has 0 fully saturated rings. The Labute approximate surface area is 87.7 Å². The highest BCUT2D eigenvalue weighted by Crippen LogP contribution is 2.40. The molecule has 0 N–H and O–H groups in total. The largest absolute Gasteiger partial charge is 0.422 e. The molecule has 0 aliphatic rings. The third kappa shape index (κ3) is 2.47. The van der Waals surface area contributed by atoms with E-state index in [1.807, 2.05) is 0 Å². The van der Waals surface area contributed by atoms with Crippen LogP contribution >= 0.6 is 0 Å². The number of rotatable bonds is 0. The average Bonchev–Trinajstić information content (AvgIpc) is 2.07. The van der Waals surface area contributed by atoms with Crippen molar-refractivity contribution in [3.63, 3.8) is 0 Å². The molecule has 0 unspecified atom stereocenters. The average molecular weight is 267 g/mol. The van der Waals surface area contributed by atoms with E-state index in [1.54, 1.807) is 0 Å². The van der Waals surface area contributed by atoms with E-state index in [-0.39, 0.29) is 0 Å². The van der Waals surface area contributed by atoms with Gasteiger partial charge in [-0.05, 0) is 0 Å². The molecule has 0 aliphatic heterocycles. The standard InChI is InChI=1S/C8F9/c9-3-1-2(7(12,13)14)5(10)4(6(3)11)8(15,16)17. The van der Waals surface area contributed by atoms with E-state index in [0.717, 1.165) is 0 Å². The van der Waals surface area contributed by atoms with Crippen LogP contribution in [0.5, 0.6) is 0 Å². The fourth-order valence-electron chi connectivity index (χ4n) is 0.995. The summed E-state index contributed by atoms with van der Waals surface area (Å²) in [7, 11) is 0. The highest BCUT2D eigenvalue weighted by atomic mass is 19.4. The second-order valence-electron chi connectivity index (χ2n) is 2.81. The van der Waals surface area contributed by atoms with Crippen molar-refractivity contribution in [1.29, 1.82) is 0 Å². The van der Waals surface area contributed by atoms with E-state index < -0.39 is 40.9 Å². The lowest BCUT2D eigenvalue weighted by Crippen LogP contribution is -2.19. The fraction of sp³-hybridized carbons (Fsp3) is 0.250. The number of hydrogen-bond donors (Lipinski definition) is 0. The highest BCUT2D eigenvalue weighted by molar-refractivity contribution is 5.31. The van der Waals surface area contributed by atoms with Gasteiger partial charge in [-0.2, -0.15) is 26.3 Å². The van der Waals surface area contributed by atoms with E-state index in [4.69, 9.17) is 0 Å². The van der Waals surface area contributed by atoms with E-state index in [9.17, 15) is 39.5 Å². The first-order chi connectivity index (χ1) is 7.46. The summed E-state index contributed by atoms with van der Waals surface area (Å²) in [6, 6.07) is 0.555. The molecule has 0 spiro atoms. The zero-order valence-corrected chi connectivity index (χ0v) is 7.40. The molecule has 17 heavy (non-hydrogen) atoms. The van der Waals surface area contributed by atoms with E-state index in [0.29, 0.717) is 6.07 Å². The zero-order chi connectivity index (χ0) is 13.6. The van der Waals surface area contributed by atoms with Gasteiger partial charge in [0, 0.05) is 6.07 Å². The third-order valence-corrected chi connectivity index (χ3v) is 1.65. The molecule has 0 saturated heterocycles. The minimum atomic E-state index is -5.79. The van der Waals surface area contributed by atoms with E-state index >= 15 is 0 Å². The molecule has 1 aromatic carbocycles. The summed E-state index contributed by atoms with van der Waals surface area (Å²) in [4.78, 5) is 0. The molecular formula is C8F9. The van der Waals surface area contributed by atoms with Crippen LogP contribution in [-0.4, -0.2) is 0 Å². The fourth-order valence-corrected chi connectivity index (χ4v) is 0.995. The van der Waals surface area contributed by atoms with Crippen molar-refractivity contribution < 1.29 is 39.5 Å². The van der Waals surface area contributed by atoms with Crippen LogP contribution in [0, 0.1) is 23.5 Å². The summed E-state index contributed by atoms with van der Waals surface area (Å²) < 4.78 is 110. The predicted molar refractivity (Wildman–Crippen MR) is 35.2 cm³/mol. The summed E-state index contributed by atoms with van der Waals surface area (Å²) in [5.41, 5.74) is -5.56. The van der Waals surface area contributed by atoms with Crippen molar-refractivity contribution in [2.45, 2.75) is 12.4 Å². The monoisotopic (exact) mass is 267 g/mol. The van der Waals surface area contributed by atoms with Gasteiger partial charge >= 0.3 is 12.4 Å². The van der Waals surface area contributed by atoms with Crippen LogP contribution in [-0.2, 0) is 12.4 Å². The Morgan fingerprint density at radius 3 is 1.53 bits per heavy atom. The lowest BCUT2D eigenvalue weighted by atomic mass is 10.1. The van der Waals surface area contributed by atoms with Gasteiger partial charge < -0.3 is 0 Å². The van der Waals surface area contributed by atoms with Crippen LogP contribution in [0.2, 0.25) is 0 Å². The van der Waals surface area contributed by atoms with Gasteiger partial charge in [-0.1, -0.05) is 0 Å². The second kappa shape index (κ2) is 3.81. The quantitative estimate of drug-likeness (QED) is 0.493. The molecule has 0 saturated carbocycles. The summed E-state index contributed by atoms with van der Waals surface area (Å²) in [5, 5.41) is 0. The van der Waals surface area contributed by atoms with Crippen LogP contribution in [0.4, 0.5) is 39.5 Å². The molecule has 0 heterocycles. The highest BCUT2D eigenvalue weighted by Gasteiger charge is 2.45. The van der Waals surface area contributed by atoms with Crippen LogP contribution in [0.3, 0.4) is 0 Å². The van der Waals surface area contributed by atoms with Crippen LogP contribution in [0.15, 0.2) is 0 Å². The van der Waals surface area contributed by atoms with Crippen LogP contribution in [0.25, 0.3) is 0 Å². The number of alkyl halides is 6. The lowest BCUT2D eigenvalue weighted by Gasteiger charge is -2.14. The van der Waals surface area contributed by atoms with Gasteiger partial charge in [-0.25, -0.2) is 13.2 Å². The Hall–Kier alpha value is -1.41. The predicted octanol–water partition coefficient (Wildman–Crippen LogP) is 3.94. The van der Waals surface area contributed by atoms with E-state index in [2.05, 4.69) is 0 Å². The summed E-state index contributed by atoms with van der Waals surface area (Å²) in [6.07, 6.45) is -11.4. The Kier molecular flexibility index (Phi) is 3.06. The number of benzene rings is 1. The molecule has 0 atom stereocenters. The first kappa shape index (κ1) is 13.7. The Morgan fingerprint density at radius 1 is 0.706 bits per heavy atom. The molecule has 1 rings (SSSR count). The minimum absolute atomic E-state index is 0.555. The van der Waals surface area contributed by atoms with Gasteiger partial charge in [0.05, 0.1) is 0 Å². The van der Waals surface area contributed by atoms with Crippen LogP contribution < -0.4 is 0 Å². The first-order valence-corrected chi connectivity index (χ1v) is 3.70. The minimum Gasteiger partial charge on any atom is -0.206 e. The molecular weight excluding hydrogens is 267 g/mol. The van der Waals surface area contributed by atoms with Crippen molar-refractivity contribution in [1.82, 2.24) is 0 Å². The SMILES string of the molecule is Fc1[c]c(C(F)(F)F)c(F)c(C(F)(F)F)c1F. The maximum atomic E-state index is 12.8. The number of halogens is 9. The third-order valence-electron chi connectivity index (χ3n) is 1.65. The van der Waals surface area contributed by atoms with Gasteiger partial charge in [0.2, 0.25) is 0 Å². The van der Waals surface area contributed by atoms with Gasteiger partial charge in [0.25, 0.3) is 0 Å². The normalized spacial score (nSPS) is 13.0. The smallest absolute Gasteiger partial charge is 0.206 e. The molecule has 0 aromatic heterocycles. The summed E-state index contributed by atoms with van der Waals surface area (Å²) in [5.74, 6) is -8.25. The maximum Gasteiger partial charge on any atom is 0.422 e. The van der Waals surface area contributed by atoms with Crippen molar-refractivity contribution in [2.24, 2.45) is 0 Å². The Balaban J connectivity index is 3.67. The Morgan fingerprint density at radius 2 is 1.18 bits per heavy atom. The number of hydrogen-bond acceptors (Lipinski definition) is 0. The zero-order valence-electron chi connectivity index (χ0n) is 7.40. The van der Waals surface area contributed by atoms with Crippen molar-refractivity contribution >= 4 is 0 Å². The van der Waals surface area contributed by atoms with Gasteiger partial charge in [-0.15, -0.1) is 0 Å². The summed E-state index contributed by atoms with van der Waals surface area (Å²) >= 11 is 0. The molecule has 0 nitrogen and oxygen atoms in total. The summed E-state index contributed by atoms with van der Waals surface area (Å²) in [6.45, 7) is 0. The molecule has 0 bridgehead atoms. The topological polar surface area (TPSA) is 0 Å². The van der Waals surface area contributed by atoms with Crippen molar-refractivity contribution in [3.05, 3.63) is 34.6 Å². The molecule has 0 amide bonds. The van der Waals surface area contributed by atoms with Gasteiger partial charge in [0.15, 0.2) is 17.5 Å². The lowest BCUT2D eigenvalue weighted by molar-refractivity contribution is -0.150.